The van der Waals surface area contributed by atoms with E-state index in [4.69, 9.17) is 22.2 Å². The third-order valence-electron chi connectivity index (χ3n) is 3.97. The molecule has 2 rings (SSSR count). The number of hydrogen-bond donors (Lipinski definition) is 2. The molecule has 2 unspecified atom stereocenters. The Kier molecular flexibility index (Phi) is 5.96. The first kappa shape index (κ1) is 16.6. The van der Waals surface area contributed by atoms with Gasteiger partial charge in [-0.1, -0.05) is 17.7 Å². The maximum atomic E-state index is 13.9. The van der Waals surface area contributed by atoms with Gasteiger partial charge in [0, 0.05) is 24.2 Å². The summed E-state index contributed by atoms with van der Waals surface area (Å²) in [5.41, 5.74) is 3.36. The van der Waals surface area contributed by atoms with E-state index in [9.17, 15) is 4.39 Å². The number of hydrazine groups is 1. The highest BCUT2D eigenvalue weighted by Gasteiger charge is 2.29. The summed E-state index contributed by atoms with van der Waals surface area (Å²) in [5, 5.41) is 0.397. The lowest BCUT2D eigenvalue weighted by Crippen LogP contribution is -2.56. The Hall–Kier alpha value is -0.720. The fourth-order valence-electron chi connectivity index (χ4n) is 2.63. The molecule has 1 saturated heterocycles. The zero-order valence-electron chi connectivity index (χ0n) is 12.5. The quantitative estimate of drug-likeness (QED) is 0.644. The summed E-state index contributed by atoms with van der Waals surface area (Å²) in [5.74, 6) is 5.35. The zero-order chi connectivity index (χ0) is 15.4. The molecule has 1 fully saturated rings. The van der Waals surface area contributed by atoms with Crippen LogP contribution in [-0.4, -0.2) is 42.8 Å². The molecule has 2 atom stereocenters. The predicted molar refractivity (Wildman–Crippen MR) is 82.7 cm³/mol. The molecule has 1 aromatic carbocycles. The van der Waals surface area contributed by atoms with E-state index in [1.54, 1.807) is 12.1 Å². The second-order valence-electron chi connectivity index (χ2n) is 5.71. The normalized spacial score (nSPS) is 21.7. The lowest BCUT2D eigenvalue weighted by atomic mass is 9.99. The van der Waals surface area contributed by atoms with E-state index in [0.717, 1.165) is 13.1 Å². The van der Waals surface area contributed by atoms with Gasteiger partial charge in [0.2, 0.25) is 0 Å². The number of halogens is 2. The number of nitrogens with one attached hydrogen (secondary N) is 1. The summed E-state index contributed by atoms with van der Waals surface area (Å²) in [4.78, 5) is 2.34. The van der Waals surface area contributed by atoms with Gasteiger partial charge < -0.3 is 4.74 Å². The van der Waals surface area contributed by atoms with Crippen molar-refractivity contribution in [1.29, 1.82) is 0 Å². The number of nitrogens with zero attached hydrogens (tertiary/aromatic N) is 1. The van der Waals surface area contributed by atoms with Crippen LogP contribution in [0.25, 0.3) is 0 Å². The number of benzene rings is 1. The molecule has 118 valence electrons. The average Bonchev–Trinajstić information content (AvgIpc) is 2.46. The van der Waals surface area contributed by atoms with E-state index in [0.29, 0.717) is 29.7 Å². The van der Waals surface area contributed by atoms with Crippen molar-refractivity contribution >= 4 is 11.6 Å². The van der Waals surface area contributed by atoms with Crippen molar-refractivity contribution in [1.82, 2.24) is 10.3 Å². The number of morpholine rings is 1. The van der Waals surface area contributed by atoms with Gasteiger partial charge in [-0.25, -0.2) is 4.39 Å². The van der Waals surface area contributed by atoms with Crippen molar-refractivity contribution < 1.29 is 9.13 Å². The summed E-state index contributed by atoms with van der Waals surface area (Å²) < 4.78 is 19.7. The highest BCUT2D eigenvalue weighted by atomic mass is 35.5. The molecular formula is C15H23ClFN3O. The van der Waals surface area contributed by atoms with Gasteiger partial charge >= 0.3 is 0 Å². The summed E-state index contributed by atoms with van der Waals surface area (Å²) in [6.07, 6.45) is 0.414. The molecule has 3 N–H and O–H groups in total. The van der Waals surface area contributed by atoms with Crippen molar-refractivity contribution in [2.45, 2.75) is 38.5 Å². The smallest absolute Gasteiger partial charge is 0.127 e. The van der Waals surface area contributed by atoms with E-state index in [2.05, 4.69) is 24.2 Å². The summed E-state index contributed by atoms with van der Waals surface area (Å²) in [6.45, 7) is 6.70. The summed E-state index contributed by atoms with van der Waals surface area (Å²) >= 11 is 5.78. The molecule has 0 radical (unpaired) electrons. The fraction of sp³-hybridized carbons (Fsp3) is 0.600. The van der Waals surface area contributed by atoms with Crippen molar-refractivity contribution in [2.75, 3.05) is 19.7 Å². The van der Waals surface area contributed by atoms with Crippen LogP contribution in [0, 0.1) is 5.82 Å². The predicted octanol–water partition coefficient (Wildman–Crippen LogP) is 1.96. The van der Waals surface area contributed by atoms with Gasteiger partial charge in [0.1, 0.15) is 5.82 Å². The highest BCUT2D eigenvalue weighted by Crippen LogP contribution is 2.19. The molecule has 0 bridgehead atoms. The average molecular weight is 316 g/mol. The van der Waals surface area contributed by atoms with Gasteiger partial charge in [0.05, 0.1) is 18.8 Å². The first-order chi connectivity index (χ1) is 10.0. The Labute approximate surface area is 130 Å². The monoisotopic (exact) mass is 315 g/mol. The fourth-order valence-corrected chi connectivity index (χ4v) is 2.79. The Bertz CT molecular complexity index is 472. The first-order valence-corrected chi connectivity index (χ1v) is 7.64. The van der Waals surface area contributed by atoms with E-state index in [1.807, 2.05) is 0 Å². The van der Waals surface area contributed by atoms with E-state index in [1.165, 1.54) is 6.07 Å². The minimum atomic E-state index is -0.306. The number of ether oxygens (including phenoxy) is 1. The van der Waals surface area contributed by atoms with Gasteiger partial charge in [0.15, 0.2) is 0 Å². The van der Waals surface area contributed by atoms with Crippen LogP contribution in [-0.2, 0) is 11.2 Å². The Balaban J connectivity index is 2.05. The van der Waals surface area contributed by atoms with Gasteiger partial charge in [-0.05, 0) is 38.0 Å². The van der Waals surface area contributed by atoms with Gasteiger partial charge in [-0.3, -0.25) is 16.2 Å². The van der Waals surface area contributed by atoms with E-state index >= 15 is 0 Å². The molecule has 1 aliphatic heterocycles. The molecule has 1 aromatic rings. The third kappa shape index (κ3) is 4.37. The van der Waals surface area contributed by atoms with Crippen LogP contribution in [0.1, 0.15) is 19.4 Å². The van der Waals surface area contributed by atoms with Crippen LogP contribution >= 0.6 is 11.6 Å². The molecule has 0 aromatic heterocycles. The second kappa shape index (κ2) is 7.51. The lowest BCUT2D eigenvalue weighted by Gasteiger charge is -2.38. The van der Waals surface area contributed by atoms with Gasteiger partial charge in [0.25, 0.3) is 0 Å². The van der Waals surface area contributed by atoms with Crippen LogP contribution in [0.3, 0.4) is 0 Å². The molecule has 1 heterocycles. The Morgan fingerprint density at radius 3 is 2.90 bits per heavy atom. The Morgan fingerprint density at radius 2 is 2.29 bits per heavy atom. The van der Waals surface area contributed by atoms with Crippen molar-refractivity contribution in [3.63, 3.8) is 0 Å². The maximum Gasteiger partial charge on any atom is 0.127 e. The van der Waals surface area contributed by atoms with Crippen molar-refractivity contribution in [2.24, 2.45) is 5.84 Å². The van der Waals surface area contributed by atoms with Crippen LogP contribution in [0.4, 0.5) is 4.39 Å². The van der Waals surface area contributed by atoms with E-state index in [-0.39, 0.29) is 18.0 Å². The number of nitrogens with two attached hydrogens (primary N) is 1. The minimum Gasteiger partial charge on any atom is -0.374 e. The number of rotatable bonds is 5. The maximum absolute atomic E-state index is 13.9. The van der Waals surface area contributed by atoms with Crippen LogP contribution in [0.15, 0.2) is 18.2 Å². The largest absolute Gasteiger partial charge is 0.374 e. The SMILES string of the molecule is CC(C)N1CCOC(C(Cc2ccc(Cl)cc2F)NN)C1. The molecular weight excluding hydrogens is 293 g/mol. The van der Waals surface area contributed by atoms with Crippen LogP contribution in [0.5, 0.6) is 0 Å². The van der Waals surface area contributed by atoms with Crippen LogP contribution in [0.2, 0.25) is 5.02 Å². The molecule has 0 spiro atoms. The molecule has 1 aliphatic rings. The van der Waals surface area contributed by atoms with Crippen molar-refractivity contribution in [3.8, 4) is 0 Å². The minimum absolute atomic E-state index is 0.0544. The lowest BCUT2D eigenvalue weighted by molar-refractivity contribution is -0.0553. The molecule has 0 amide bonds. The third-order valence-corrected chi connectivity index (χ3v) is 4.21. The topological polar surface area (TPSA) is 50.5 Å². The first-order valence-electron chi connectivity index (χ1n) is 7.27. The zero-order valence-corrected chi connectivity index (χ0v) is 13.2. The molecule has 6 heteroatoms. The van der Waals surface area contributed by atoms with Crippen molar-refractivity contribution in [3.05, 3.63) is 34.6 Å². The summed E-state index contributed by atoms with van der Waals surface area (Å²) in [6, 6.07) is 5.04. The second-order valence-corrected chi connectivity index (χ2v) is 6.15. The standard InChI is InChI=1S/C15H23ClFN3O/c1-10(2)20-5-6-21-15(9-20)14(19-18)7-11-3-4-12(16)8-13(11)17/h3-4,8,10,14-15,19H,5-7,9,18H2,1-2H3. The highest BCUT2D eigenvalue weighted by molar-refractivity contribution is 6.30. The summed E-state index contributed by atoms with van der Waals surface area (Å²) in [7, 11) is 0. The Morgan fingerprint density at radius 1 is 1.52 bits per heavy atom. The molecule has 0 saturated carbocycles. The van der Waals surface area contributed by atoms with E-state index < -0.39 is 0 Å². The van der Waals surface area contributed by atoms with Gasteiger partial charge in [-0.2, -0.15) is 0 Å². The molecule has 4 nitrogen and oxygen atoms in total. The molecule has 0 aliphatic carbocycles. The van der Waals surface area contributed by atoms with Crippen LogP contribution < -0.4 is 11.3 Å². The molecule has 21 heavy (non-hydrogen) atoms. The number of hydrogen-bond acceptors (Lipinski definition) is 4. The van der Waals surface area contributed by atoms with Gasteiger partial charge in [-0.15, -0.1) is 0 Å².